The summed E-state index contributed by atoms with van der Waals surface area (Å²) in [6.07, 6.45) is 3.88. The quantitative estimate of drug-likeness (QED) is 0.860. The molecule has 1 aromatic rings. The van der Waals surface area contributed by atoms with E-state index in [0.29, 0.717) is 23.5 Å². The normalized spacial score (nSPS) is 21.4. The van der Waals surface area contributed by atoms with Crippen LogP contribution in [-0.2, 0) is 17.9 Å². The molecule has 0 spiro atoms. The summed E-state index contributed by atoms with van der Waals surface area (Å²) >= 11 is 0. The Hall–Kier alpha value is -0.860. The van der Waals surface area contributed by atoms with Gasteiger partial charge in [-0.2, -0.15) is 0 Å². The number of rotatable bonds is 5. The number of methoxy groups -OCH3 is 1. The van der Waals surface area contributed by atoms with Gasteiger partial charge >= 0.3 is 0 Å². The van der Waals surface area contributed by atoms with E-state index < -0.39 is 0 Å². The van der Waals surface area contributed by atoms with Crippen molar-refractivity contribution in [2.24, 2.45) is 10.8 Å². The fraction of sp³-hybridized carbons (Fsp3) is 0.684. The highest BCUT2D eigenvalue weighted by Crippen LogP contribution is 2.45. The van der Waals surface area contributed by atoms with E-state index in [1.54, 1.807) is 7.11 Å². The minimum atomic E-state index is 0.446. The molecule has 21 heavy (non-hydrogen) atoms. The van der Waals surface area contributed by atoms with Crippen molar-refractivity contribution in [2.75, 3.05) is 7.11 Å². The molecule has 1 aromatic carbocycles. The zero-order valence-electron chi connectivity index (χ0n) is 14.3. The van der Waals surface area contributed by atoms with Crippen LogP contribution in [0.25, 0.3) is 0 Å². The first-order valence-electron chi connectivity index (χ1n) is 8.10. The van der Waals surface area contributed by atoms with Crippen molar-refractivity contribution in [3.8, 4) is 0 Å². The first-order valence-corrected chi connectivity index (χ1v) is 8.10. The lowest BCUT2D eigenvalue weighted by molar-refractivity contribution is 0.0845. The van der Waals surface area contributed by atoms with Gasteiger partial charge in [0.15, 0.2) is 0 Å². The molecule has 0 radical (unpaired) electrons. The second kappa shape index (κ2) is 6.50. The fourth-order valence-corrected chi connectivity index (χ4v) is 4.17. The number of ether oxygens (including phenoxy) is 1. The topological polar surface area (TPSA) is 21.3 Å². The van der Waals surface area contributed by atoms with Gasteiger partial charge in [-0.05, 0) is 41.2 Å². The fourth-order valence-electron chi connectivity index (χ4n) is 4.17. The zero-order valence-corrected chi connectivity index (χ0v) is 14.3. The molecular weight excluding hydrogens is 258 g/mol. The maximum absolute atomic E-state index is 5.15. The third kappa shape index (κ3) is 5.12. The predicted octanol–water partition coefficient (Wildman–Crippen LogP) is 4.53. The highest BCUT2D eigenvalue weighted by Gasteiger charge is 2.37. The lowest BCUT2D eigenvalue weighted by Gasteiger charge is -2.45. The second-order valence-corrected chi connectivity index (χ2v) is 8.24. The van der Waals surface area contributed by atoms with Crippen LogP contribution in [0, 0.1) is 10.8 Å². The Bertz CT molecular complexity index is 431. The molecule has 2 heteroatoms. The predicted molar refractivity (Wildman–Crippen MR) is 89.2 cm³/mol. The molecule has 0 aromatic heterocycles. The molecule has 1 fully saturated rings. The minimum Gasteiger partial charge on any atom is -0.380 e. The van der Waals surface area contributed by atoms with Crippen molar-refractivity contribution >= 4 is 0 Å². The van der Waals surface area contributed by atoms with Crippen LogP contribution >= 0.6 is 0 Å². The first kappa shape index (κ1) is 16.5. The van der Waals surface area contributed by atoms with Crippen molar-refractivity contribution < 1.29 is 4.74 Å². The number of hydrogen-bond donors (Lipinski definition) is 1. The lowest BCUT2D eigenvalue weighted by atomic mass is 9.63. The Balaban J connectivity index is 1.90. The molecule has 0 heterocycles. The summed E-state index contributed by atoms with van der Waals surface area (Å²) in [6.45, 7) is 11.3. The summed E-state index contributed by atoms with van der Waals surface area (Å²) in [5.74, 6) is 0. The molecule has 118 valence electrons. The monoisotopic (exact) mass is 289 g/mol. The number of hydrogen-bond acceptors (Lipinski definition) is 2. The summed E-state index contributed by atoms with van der Waals surface area (Å²) in [5, 5.41) is 3.77. The van der Waals surface area contributed by atoms with Crippen LogP contribution in [0.5, 0.6) is 0 Å². The Morgan fingerprint density at radius 2 is 1.52 bits per heavy atom. The summed E-state index contributed by atoms with van der Waals surface area (Å²) in [6, 6.07) is 9.37. The van der Waals surface area contributed by atoms with Crippen LogP contribution in [0.4, 0.5) is 0 Å². The molecule has 0 atom stereocenters. The Kier molecular flexibility index (Phi) is 5.11. The Morgan fingerprint density at radius 3 is 2.05 bits per heavy atom. The van der Waals surface area contributed by atoms with Crippen LogP contribution in [0.3, 0.4) is 0 Å². The van der Waals surface area contributed by atoms with Gasteiger partial charge in [-0.25, -0.2) is 0 Å². The number of nitrogens with one attached hydrogen (secondary N) is 1. The van der Waals surface area contributed by atoms with Crippen molar-refractivity contribution in [2.45, 2.75) is 66.2 Å². The summed E-state index contributed by atoms with van der Waals surface area (Å²) in [7, 11) is 1.74. The Labute approximate surface area is 130 Å². The zero-order chi connectivity index (χ0) is 15.5. The molecule has 0 aliphatic heterocycles. The SMILES string of the molecule is COCc1ccc(CNC2CC(C)(C)CC(C)(C)C2)cc1. The molecule has 2 rings (SSSR count). The van der Waals surface area contributed by atoms with Crippen molar-refractivity contribution in [1.82, 2.24) is 5.32 Å². The smallest absolute Gasteiger partial charge is 0.0713 e. The van der Waals surface area contributed by atoms with Gasteiger partial charge in [0.05, 0.1) is 6.61 Å². The number of benzene rings is 1. The van der Waals surface area contributed by atoms with Crippen LogP contribution in [-0.4, -0.2) is 13.2 Å². The van der Waals surface area contributed by atoms with Gasteiger partial charge in [-0.1, -0.05) is 52.0 Å². The van der Waals surface area contributed by atoms with Crippen LogP contribution in [0.2, 0.25) is 0 Å². The molecule has 0 bridgehead atoms. The van der Waals surface area contributed by atoms with Gasteiger partial charge in [0, 0.05) is 19.7 Å². The maximum Gasteiger partial charge on any atom is 0.0713 e. The third-order valence-corrected chi connectivity index (χ3v) is 4.48. The van der Waals surface area contributed by atoms with E-state index in [4.69, 9.17) is 4.74 Å². The van der Waals surface area contributed by atoms with E-state index in [1.807, 2.05) is 0 Å². The largest absolute Gasteiger partial charge is 0.380 e. The molecule has 1 N–H and O–H groups in total. The summed E-state index contributed by atoms with van der Waals surface area (Å²) in [4.78, 5) is 0. The molecule has 0 unspecified atom stereocenters. The highest BCUT2D eigenvalue weighted by molar-refractivity contribution is 5.22. The molecular formula is C19H31NO. The second-order valence-electron chi connectivity index (χ2n) is 8.24. The van der Waals surface area contributed by atoms with Gasteiger partial charge in [0.25, 0.3) is 0 Å². The molecule has 0 amide bonds. The van der Waals surface area contributed by atoms with E-state index >= 15 is 0 Å². The molecule has 1 saturated carbocycles. The van der Waals surface area contributed by atoms with Crippen LogP contribution < -0.4 is 5.32 Å². The maximum atomic E-state index is 5.15. The molecule has 0 saturated heterocycles. The highest BCUT2D eigenvalue weighted by atomic mass is 16.5. The molecule has 2 nitrogen and oxygen atoms in total. The van der Waals surface area contributed by atoms with E-state index in [-0.39, 0.29) is 0 Å². The summed E-state index contributed by atoms with van der Waals surface area (Å²) in [5.41, 5.74) is 3.49. The average molecular weight is 289 g/mol. The van der Waals surface area contributed by atoms with E-state index in [9.17, 15) is 0 Å². The van der Waals surface area contributed by atoms with Gasteiger partial charge in [-0.15, -0.1) is 0 Å². The van der Waals surface area contributed by atoms with Gasteiger partial charge in [0.2, 0.25) is 0 Å². The average Bonchev–Trinajstić information content (AvgIpc) is 2.35. The van der Waals surface area contributed by atoms with Crippen LogP contribution in [0.15, 0.2) is 24.3 Å². The van der Waals surface area contributed by atoms with Crippen molar-refractivity contribution in [3.63, 3.8) is 0 Å². The summed E-state index contributed by atoms with van der Waals surface area (Å²) < 4.78 is 5.15. The van der Waals surface area contributed by atoms with Gasteiger partial charge < -0.3 is 10.1 Å². The van der Waals surface area contributed by atoms with Gasteiger partial charge in [0.1, 0.15) is 0 Å². The Morgan fingerprint density at radius 1 is 1.00 bits per heavy atom. The van der Waals surface area contributed by atoms with Crippen molar-refractivity contribution in [3.05, 3.63) is 35.4 Å². The van der Waals surface area contributed by atoms with E-state index in [0.717, 1.165) is 6.54 Å². The standard InChI is InChI=1S/C19H31NO/c1-18(2)10-17(11-19(3,4)14-18)20-12-15-6-8-16(9-7-15)13-21-5/h6-9,17,20H,10-14H2,1-5H3. The van der Waals surface area contributed by atoms with E-state index in [1.165, 1.54) is 30.4 Å². The minimum absolute atomic E-state index is 0.446. The molecule has 1 aliphatic rings. The van der Waals surface area contributed by atoms with Crippen molar-refractivity contribution in [1.29, 1.82) is 0 Å². The van der Waals surface area contributed by atoms with E-state index in [2.05, 4.69) is 57.3 Å². The lowest BCUT2D eigenvalue weighted by Crippen LogP contribution is -2.43. The van der Waals surface area contributed by atoms with Gasteiger partial charge in [-0.3, -0.25) is 0 Å². The third-order valence-electron chi connectivity index (χ3n) is 4.48. The molecule has 1 aliphatic carbocycles. The van der Waals surface area contributed by atoms with Crippen LogP contribution in [0.1, 0.15) is 58.1 Å². The first-order chi connectivity index (χ1) is 9.80.